The summed E-state index contributed by atoms with van der Waals surface area (Å²) in [6.45, 7) is 0.964. The molecule has 1 aromatic heterocycles. The highest BCUT2D eigenvalue weighted by atomic mass is 16.4. The van der Waals surface area contributed by atoms with Gasteiger partial charge in [-0.15, -0.1) is 0 Å². The van der Waals surface area contributed by atoms with E-state index in [1.54, 1.807) is 12.4 Å². The lowest BCUT2D eigenvalue weighted by Gasteiger charge is -2.42. The van der Waals surface area contributed by atoms with E-state index in [0.29, 0.717) is 11.5 Å². The van der Waals surface area contributed by atoms with Crippen LogP contribution in [0.1, 0.15) is 36.0 Å². The third kappa shape index (κ3) is 3.70. The Labute approximate surface area is 152 Å². The van der Waals surface area contributed by atoms with Crippen LogP contribution in [0, 0.1) is 5.92 Å². The lowest BCUT2D eigenvalue weighted by atomic mass is 9.85. The SMILES string of the molecule is O=C(O)CN(CC1CC1)C1CC(NC(=O)c2cccc3cnccc23)C1. The monoisotopic (exact) mass is 353 g/mol. The molecule has 1 heterocycles. The van der Waals surface area contributed by atoms with Crippen molar-refractivity contribution >= 4 is 22.6 Å². The second-order valence-electron chi connectivity index (χ2n) is 7.46. The summed E-state index contributed by atoms with van der Waals surface area (Å²) >= 11 is 0. The van der Waals surface area contributed by atoms with Crippen molar-refractivity contribution in [3.05, 3.63) is 42.2 Å². The quantitative estimate of drug-likeness (QED) is 0.798. The Morgan fingerprint density at radius 2 is 2.04 bits per heavy atom. The van der Waals surface area contributed by atoms with Crippen molar-refractivity contribution in [1.82, 2.24) is 15.2 Å². The summed E-state index contributed by atoms with van der Waals surface area (Å²) in [5.74, 6) is -0.188. The van der Waals surface area contributed by atoms with Crippen molar-refractivity contribution in [3.8, 4) is 0 Å². The first-order valence-electron chi connectivity index (χ1n) is 9.19. The Kier molecular flexibility index (Phi) is 4.59. The molecule has 0 atom stereocenters. The van der Waals surface area contributed by atoms with Crippen molar-refractivity contribution < 1.29 is 14.7 Å². The third-order valence-corrected chi connectivity index (χ3v) is 5.42. The van der Waals surface area contributed by atoms with Gasteiger partial charge < -0.3 is 10.4 Å². The van der Waals surface area contributed by atoms with Gasteiger partial charge in [-0.3, -0.25) is 19.5 Å². The van der Waals surface area contributed by atoms with Gasteiger partial charge in [-0.05, 0) is 49.1 Å². The molecule has 0 unspecified atom stereocenters. The largest absolute Gasteiger partial charge is 0.480 e. The van der Waals surface area contributed by atoms with Gasteiger partial charge in [0.15, 0.2) is 0 Å². The van der Waals surface area contributed by atoms with Gasteiger partial charge in [0.2, 0.25) is 0 Å². The molecule has 0 bridgehead atoms. The number of aliphatic carboxylic acids is 1. The number of hydrogen-bond acceptors (Lipinski definition) is 4. The van der Waals surface area contributed by atoms with Crippen LogP contribution in [0.15, 0.2) is 36.7 Å². The maximum atomic E-state index is 12.7. The standard InChI is InChI=1S/C20H23N3O3/c24-19(25)12-23(11-13-4-5-13)16-8-15(9-16)22-20(26)18-3-1-2-14-10-21-7-6-17(14)18/h1-3,6-7,10,13,15-16H,4-5,8-9,11-12H2,(H,22,26)(H,24,25). The molecule has 4 rings (SSSR count). The summed E-state index contributed by atoms with van der Waals surface area (Å²) < 4.78 is 0. The maximum Gasteiger partial charge on any atom is 0.317 e. The molecule has 2 aliphatic carbocycles. The van der Waals surface area contributed by atoms with E-state index in [0.717, 1.165) is 30.2 Å². The van der Waals surface area contributed by atoms with Crippen LogP contribution in [-0.2, 0) is 4.79 Å². The molecule has 2 saturated carbocycles. The number of aromatic nitrogens is 1. The highest BCUT2D eigenvalue weighted by molar-refractivity contribution is 6.06. The van der Waals surface area contributed by atoms with Gasteiger partial charge >= 0.3 is 5.97 Å². The van der Waals surface area contributed by atoms with Crippen LogP contribution in [0.5, 0.6) is 0 Å². The van der Waals surface area contributed by atoms with E-state index in [9.17, 15) is 9.59 Å². The lowest BCUT2D eigenvalue weighted by Crippen LogP contribution is -2.55. The Morgan fingerprint density at radius 1 is 1.23 bits per heavy atom. The minimum absolute atomic E-state index is 0.0720. The minimum atomic E-state index is -0.775. The third-order valence-electron chi connectivity index (χ3n) is 5.42. The minimum Gasteiger partial charge on any atom is -0.480 e. The topological polar surface area (TPSA) is 82.5 Å². The molecular weight excluding hydrogens is 330 g/mol. The number of fused-ring (bicyclic) bond motifs is 1. The van der Waals surface area contributed by atoms with E-state index in [1.807, 2.05) is 24.3 Å². The summed E-state index contributed by atoms with van der Waals surface area (Å²) in [7, 11) is 0. The van der Waals surface area contributed by atoms with Gasteiger partial charge in [0.1, 0.15) is 0 Å². The van der Waals surface area contributed by atoms with Crippen LogP contribution in [0.25, 0.3) is 10.8 Å². The zero-order valence-electron chi connectivity index (χ0n) is 14.6. The summed E-state index contributed by atoms with van der Waals surface area (Å²) in [5, 5.41) is 14.1. The van der Waals surface area contributed by atoms with Crippen molar-refractivity contribution in [2.75, 3.05) is 13.1 Å². The average Bonchev–Trinajstić information content (AvgIpc) is 3.40. The van der Waals surface area contributed by atoms with E-state index in [2.05, 4.69) is 15.2 Å². The number of carboxylic acids is 1. The summed E-state index contributed by atoms with van der Waals surface area (Å²) in [6, 6.07) is 7.87. The number of carbonyl (C=O) groups is 2. The van der Waals surface area contributed by atoms with E-state index in [-0.39, 0.29) is 24.5 Å². The van der Waals surface area contributed by atoms with Crippen LogP contribution in [0.3, 0.4) is 0 Å². The first-order valence-corrected chi connectivity index (χ1v) is 9.19. The molecule has 0 radical (unpaired) electrons. The van der Waals surface area contributed by atoms with Crippen LogP contribution < -0.4 is 5.32 Å². The van der Waals surface area contributed by atoms with Gasteiger partial charge in [-0.25, -0.2) is 0 Å². The van der Waals surface area contributed by atoms with Crippen LogP contribution in [-0.4, -0.2) is 52.0 Å². The molecule has 6 nitrogen and oxygen atoms in total. The number of benzene rings is 1. The normalized spacial score (nSPS) is 22.2. The van der Waals surface area contributed by atoms with Gasteiger partial charge in [-0.1, -0.05) is 12.1 Å². The van der Waals surface area contributed by atoms with E-state index < -0.39 is 5.97 Å². The van der Waals surface area contributed by atoms with Crippen molar-refractivity contribution in [2.24, 2.45) is 5.92 Å². The molecule has 136 valence electrons. The number of nitrogens with one attached hydrogen (secondary N) is 1. The molecule has 0 saturated heterocycles. The van der Waals surface area contributed by atoms with Crippen molar-refractivity contribution in [1.29, 1.82) is 0 Å². The number of carbonyl (C=O) groups excluding carboxylic acids is 1. The van der Waals surface area contributed by atoms with E-state index in [4.69, 9.17) is 5.11 Å². The average molecular weight is 353 g/mol. The van der Waals surface area contributed by atoms with Gasteiger partial charge in [0, 0.05) is 42.0 Å². The summed E-state index contributed by atoms with van der Waals surface area (Å²) in [5.41, 5.74) is 0.661. The number of hydrogen-bond donors (Lipinski definition) is 2. The molecule has 6 heteroatoms. The van der Waals surface area contributed by atoms with Gasteiger partial charge in [-0.2, -0.15) is 0 Å². The first kappa shape index (κ1) is 17.0. The number of amides is 1. The van der Waals surface area contributed by atoms with Gasteiger partial charge in [0.25, 0.3) is 5.91 Å². The molecular formula is C20H23N3O3. The van der Waals surface area contributed by atoms with Crippen molar-refractivity contribution in [2.45, 2.75) is 37.8 Å². The lowest BCUT2D eigenvalue weighted by molar-refractivity contribution is -0.139. The zero-order chi connectivity index (χ0) is 18.1. The fourth-order valence-corrected chi connectivity index (χ4v) is 3.74. The van der Waals surface area contributed by atoms with Crippen LogP contribution in [0.4, 0.5) is 0 Å². The molecule has 26 heavy (non-hydrogen) atoms. The predicted octanol–water partition coefficient (Wildman–Crippen LogP) is 2.29. The zero-order valence-corrected chi connectivity index (χ0v) is 14.6. The number of pyridine rings is 1. The summed E-state index contributed by atoms with van der Waals surface area (Å²) in [4.78, 5) is 29.9. The summed E-state index contributed by atoms with van der Waals surface area (Å²) in [6.07, 6.45) is 7.50. The molecule has 2 fully saturated rings. The number of rotatable bonds is 7. The second-order valence-corrected chi connectivity index (χ2v) is 7.46. The smallest absolute Gasteiger partial charge is 0.317 e. The highest BCUT2D eigenvalue weighted by Crippen LogP contribution is 2.34. The second kappa shape index (κ2) is 7.03. The Morgan fingerprint density at radius 3 is 2.77 bits per heavy atom. The molecule has 1 aromatic carbocycles. The van der Waals surface area contributed by atoms with Gasteiger partial charge in [0.05, 0.1) is 6.54 Å². The highest BCUT2D eigenvalue weighted by Gasteiger charge is 2.37. The molecule has 2 aliphatic rings. The van der Waals surface area contributed by atoms with Crippen LogP contribution in [0.2, 0.25) is 0 Å². The van der Waals surface area contributed by atoms with E-state index >= 15 is 0 Å². The Hall–Kier alpha value is -2.47. The number of carboxylic acid groups (broad SMARTS) is 1. The maximum absolute atomic E-state index is 12.7. The predicted molar refractivity (Wildman–Crippen MR) is 98.0 cm³/mol. The fraction of sp³-hybridized carbons (Fsp3) is 0.450. The Balaban J connectivity index is 1.36. The molecule has 1 amide bonds. The van der Waals surface area contributed by atoms with Crippen LogP contribution >= 0.6 is 0 Å². The van der Waals surface area contributed by atoms with Crippen molar-refractivity contribution in [3.63, 3.8) is 0 Å². The Bertz CT molecular complexity index is 823. The molecule has 2 N–H and O–H groups in total. The molecule has 2 aromatic rings. The first-order chi connectivity index (χ1) is 12.6. The van der Waals surface area contributed by atoms with E-state index in [1.165, 1.54) is 12.8 Å². The molecule has 0 aliphatic heterocycles. The molecule has 0 spiro atoms. The fourth-order valence-electron chi connectivity index (χ4n) is 3.74. The number of nitrogens with zero attached hydrogens (tertiary/aromatic N) is 2.